The number of hydrogen-bond acceptors (Lipinski definition) is 6. The topological polar surface area (TPSA) is 71.0 Å². The number of amides is 1. The number of rotatable bonds is 5. The summed E-state index contributed by atoms with van der Waals surface area (Å²) >= 11 is 1.14. The minimum Gasteiger partial charge on any atom is -0.367 e. The third kappa shape index (κ3) is 5.58. The Bertz CT molecular complexity index is 1180. The maximum Gasteiger partial charge on any atom is 0.434 e. The van der Waals surface area contributed by atoms with Gasteiger partial charge in [-0.25, -0.2) is 23.7 Å². The Morgan fingerprint density at radius 1 is 1.20 bits per heavy atom. The molecule has 0 unspecified atom stereocenters. The van der Waals surface area contributed by atoms with Crippen LogP contribution in [0.25, 0.3) is 11.3 Å². The molecule has 3 heterocycles. The standard InChI is InChI=1S/C23H22F5N5OS/c1-13-8-22(24,25)12-33(16(13)9-30-18-11-29-17(10-31-18)23(26,27)28)21(34)20-19(32-14(2)35-20)15-6-4-3-5-7-15/h3-7,10-11,13,16H,8-9,12H2,1-2H3,(H,30,31)/t13-,16-/m1/s1. The van der Waals surface area contributed by atoms with E-state index >= 15 is 0 Å². The van der Waals surface area contributed by atoms with Crippen molar-refractivity contribution >= 4 is 23.1 Å². The zero-order valence-corrected chi connectivity index (χ0v) is 19.6. The summed E-state index contributed by atoms with van der Waals surface area (Å²) in [6, 6.07) is 8.35. The number of alkyl halides is 5. The number of aryl methyl sites for hydroxylation is 1. The van der Waals surface area contributed by atoms with Gasteiger partial charge in [-0.2, -0.15) is 13.2 Å². The number of carbonyl (C=O) groups is 1. The first-order chi connectivity index (χ1) is 16.4. The van der Waals surface area contributed by atoms with Gasteiger partial charge in [0.25, 0.3) is 11.8 Å². The van der Waals surface area contributed by atoms with E-state index in [4.69, 9.17) is 0 Å². The molecule has 0 saturated carbocycles. The van der Waals surface area contributed by atoms with Crippen LogP contribution in [0.1, 0.15) is 33.7 Å². The molecule has 12 heteroatoms. The van der Waals surface area contributed by atoms with E-state index in [1.54, 1.807) is 38.1 Å². The summed E-state index contributed by atoms with van der Waals surface area (Å²) in [5, 5.41) is 3.47. The molecule has 0 radical (unpaired) electrons. The maximum absolute atomic E-state index is 14.5. The van der Waals surface area contributed by atoms with Gasteiger partial charge in [-0.1, -0.05) is 37.3 Å². The Hall–Kier alpha value is -3.15. The van der Waals surface area contributed by atoms with Gasteiger partial charge in [-0.3, -0.25) is 4.79 Å². The van der Waals surface area contributed by atoms with Gasteiger partial charge < -0.3 is 10.2 Å². The molecule has 0 spiro atoms. The number of anilines is 1. The predicted molar refractivity (Wildman–Crippen MR) is 121 cm³/mol. The normalized spacial score (nSPS) is 20.0. The van der Waals surface area contributed by atoms with Crippen molar-refractivity contribution in [3.63, 3.8) is 0 Å². The molecule has 3 aromatic rings. The molecule has 2 aromatic heterocycles. The van der Waals surface area contributed by atoms with Gasteiger partial charge in [0.2, 0.25) is 0 Å². The highest BCUT2D eigenvalue weighted by molar-refractivity contribution is 7.14. The highest BCUT2D eigenvalue weighted by atomic mass is 32.1. The maximum atomic E-state index is 14.5. The number of aromatic nitrogens is 3. The van der Waals surface area contributed by atoms with E-state index in [0.717, 1.165) is 22.4 Å². The van der Waals surface area contributed by atoms with Crippen LogP contribution in [0.15, 0.2) is 42.7 Å². The van der Waals surface area contributed by atoms with Crippen molar-refractivity contribution in [1.29, 1.82) is 0 Å². The van der Waals surface area contributed by atoms with Gasteiger partial charge in [-0.15, -0.1) is 11.3 Å². The van der Waals surface area contributed by atoms with Crippen LogP contribution < -0.4 is 5.32 Å². The molecule has 1 aromatic carbocycles. The number of benzene rings is 1. The molecule has 0 bridgehead atoms. The Kier molecular flexibility index (Phi) is 6.76. The smallest absolute Gasteiger partial charge is 0.367 e. The molecule has 186 valence electrons. The van der Waals surface area contributed by atoms with Crippen LogP contribution in [0.3, 0.4) is 0 Å². The number of nitrogens with zero attached hydrogens (tertiary/aromatic N) is 4. The number of carbonyl (C=O) groups excluding carboxylic acids is 1. The second kappa shape index (κ2) is 9.48. The van der Waals surface area contributed by atoms with Gasteiger partial charge in [0, 0.05) is 18.5 Å². The lowest BCUT2D eigenvalue weighted by Crippen LogP contribution is -2.57. The van der Waals surface area contributed by atoms with E-state index in [2.05, 4.69) is 20.3 Å². The van der Waals surface area contributed by atoms with Crippen molar-refractivity contribution in [3.8, 4) is 11.3 Å². The van der Waals surface area contributed by atoms with Crippen LogP contribution in [0.5, 0.6) is 0 Å². The zero-order valence-electron chi connectivity index (χ0n) is 18.8. The first kappa shape index (κ1) is 25.0. The summed E-state index contributed by atoms with van der Waals surface area (Å²) in [6.07, 6.45) is -3.52. The fourth-order valence-electron chi connectivity index (χ4n) is 4.15. The number of thiazole rings is 1. The van der Waals surface area contributed by atoms with Crippen molar-refractivity contribution in [2.45, 2.75) is 38.4 Å². The number of halogens is 5. The summed E-state index contributed by atoms with van der Waals surface area (Å²) in [4.78, 5) is 26.5. The highest BCUT2D eigenvalue weighted by Gasteiger charge is 2.46. The lowest BCUT2D eigenvalue weighted by Gasteiger charge is -2.43. The summed E-state index contributed by atoms with van der Waals surface area (Å²) in [7, 11) is 0. The summed E-state index contributed by atoms with van der Waals surface area (Å²) < 4.78 is 67.3. The Morgan fingerprint density at radius 3 is 2.54 bits per heavy atom. The molecule has 2 atom stereocenters. The van der Waals surface area contributed by atoms with Gasteiger partial charge in [0.1, 0.15) is 10.7 Å². The van der Waals surface area contributed by atoms with E-state index < -0.39 is 48.6 Å². The molecule has 4 rings (SSSR count). The molecule has 1 fully saturated rings. The van der Waals surface area contributed by atoms with E-state index in [9.17, 15) is 26.7 Å². The SMILES string of the molecule is Cc1nc(-c2ccccc2)c(C(=O)N2CC(F)(F)C[C@@H](C)[C@H]2CNc2cnc(C(F)(F)F)cn2)s1. The molecule has 1 saturated heterocycles. The molecule has 35 heavy (non-hydrogen) atoms. The predicted octanol–water partition coefficient (Wildman–Crippen LogP) is 5.53. The summed E-state index contributed by atoms with van der Waals surface area (Å²) in [5.74, 6) is -4.18. The number of nitrogens with one attached hydrogen (secondary N) is 1. The first-order valence-electron chi connectivity index (χ1n) is 10.8. The minimum atomic E-state index is -4.62. The van der Waals surface area contributed by atoms with Crippen molar-refractivity contribution in [2.24, 2.45) is 5.92 Å². The molecule has 1 amide bonds. The molecule has 1 aliphatic heterocycles. The van der Waals surface area contributed by atoms with Gasteiger partial charge in [0.15, 0.2) is 5.69 Å². The monoisotopic (exact) mass is 511 g/mol. The van der Waals surface area contributed by atoms with Gasteiger partial charge in [0.05, 0.1) is 35.7 Å². The molecule has 1 N–H and O–H groups in total. The zero-order chi connectivity index (χ0) is 25.4. The number of piperidine rings is 1. The third-order valence-corrected chi connectivity index (χ3v) is 6.71. The lowest BCUT2D eigenvalue weighted by molar-refractivity contribution is -0.141. The fourth-order valence-corrected chi connectivity index (χ4v) is 5.05. The molecular formula is C23H22F5N5OS. The van der Waals surface area contributed by atoms with Crippen LogP contribution in [-0.2, 0) is 6.18 Å². The molecule has 6 nitrogen and oxygen atoms in total. The number of likely N-dealkylation sites (tertiary alicyclic amines) is 1. The van der Waals surface area contributed by atoms with Crippen LogP contribution in [0.2, 0.25) is 0 Å². The quantitative estimate of drug-likeness (QED) is 0.457. The van der Waals surface area contributed by atoms with Gasteiger partial charge in [-0.05, 0) is 12.8 Å². The van der Waals surface area contributed by atoms with E-state index in [1.807, 2.05) is 6.07 Å². The van der Waals surface area contributed by atoms with Crippen LogP contribution in [-0.4, -0.2) is 50.8 Å². The average Bonchev–Trinajstić information content (AvgIpc) is 3.19. The Labute approximate surface area is 202 Å². The van der Waals surface area contributed by atoms with Crippen LogP contribution in [0.4, 0.5) is 27.8 Å². The highest BCUT2D eigenvalue weighted by Crippen LogP contribution is 2.37. The van der Waals surface area contributed by atoms with Crippen molar-refractivity contribution in [1.82, 2.24) is 19.9 Å². The number of hydrogen-bond donors (Lipinski definition) is 1. The van der Waals surface area contributed by atoms with E-state index in [1.165, 1.54) is 0 Å². The van der Waals surface area contributed by atoms with Crippen LogP contribution >= 0.6 is 11.3 Å². The summed E-state index contributed by atoms with van der Waals surface area (Å²) in [6.45, 7) is 2.60. The molecule has 1 aliphatic rings. The van der Waals surface area contributed by atoms with E-state index in [0.29, 0.717) is 22.5 Å². The molecular weight excluding hydrogens is 489 g/mol. The van der Waals surface area contributed by atoms with Crippen molar-refractivity contribution in [3.05, 3.63) is 58.3 Å². The van der Waals surface area contributed by atoms with E-state index in [-0.39, 0.29) is 17.2 Å². The lowest BCUT2D eigenvalue weighted by atomic mass is 9.88. The van der Waals surface area contributed by atoms with Crippen molar-refractivity contribution < 1.29 is 26.7 Å². The van der Waals surface area contributed by atoms with Gasteiger partial charge >= 0.3 is 6.18 Å². The van der Waals surface area contributed by atoms with Crippen molar-refractivity contribution in [2.75, 3.05) is 18.4 Å². The largest absolute Gasteiger partial charge is 0.434 e. The average molecular weight is 512 g/mol. The second-order valence-electron chi connectivity index (χ2n) is 8.48. The second-order valence-corrected chi connectivity index (χ2v) is 9.68. The Balaban J connectivity index is 1.60. The van der Waals surface area contributed by atoms with Crippen LogP contribution in [0, 0.1) is 12.8 Å². The third-order valence-electron chi connectivity index (χ3n) is 5.75. The first-order valence-corrected chi connectivity index (χ1v) is 11.6. The summed E-state index contributed by atoms with van der Waals surface area (Å²) in [5.41, 5.74) is -0.00813. The minimum absolute atomic E-state index is 0.0154. The fraction of sp³-hybridized carbons (Fsp3) is 0.391. The Morgan fingerprint density at radius 2 is 1.91 bits per heavy atom. The molecule has 0 aliphatic carbocycles.